The number of carbonyl (C=O) groups excluding carboxylic acids is 1. The van der Waals surface area contributed by atoms with Crippen molar-refractivity contribution in [1.29, 1.82) is 0 Å². The van der Waals surface area contributed by atoms with Crippen LogP contribution < -0.4 is 11.1 Å². The molecule has 0 spiro atoms. The van der Waals surface area contributed by atoms with E-state index in [0.29, 0.717) is 18.4 Å². The van der Waals surface area contributed by atoms with E-state index in [0.717, 1.165) is 0 Å². The van der Waals surface area contributed by atoms with E-state index < -0.39 is 36.2 Å². The van der Waals surface area contributed by atoms with E-state index in [2.05, 4.69) is 5.32 Å². The maximum absolute atomic E-state index is 13.0. The molecule has 1 fully saturated rings. The highest BCUT2D eigenvalue weighted by molar-refractivity contribution is 5.91. The lowest BCUT2D eigenvalue weighted by molar-refractivity contribution is -0.125. The Hall–Kier alpha value is -1.27. The normalized spacial score (nSPS) is 16.2. The van der Waals surface area contributed by atoms with Crippen molar-refractivity contribution < 1.29 is 18.0 Å². The Morgan fingerprint density at radius 3 is 2.30 bits per heavy atom. The SMILES string of the molecule is Cl.NCC(F)(F)CNC(=O)C1(c2ccc(F)cc2)CC1. The third-order valence-corrected chi connectivity index (χ3v) is 3.39. The Kier molecular flexibility index (Phi) is 5.05. The lowest BCUT2D eigenvalue weighted by Gasteiger charge is -2.19. The predicted octanol–water partition coefficient (Wildman–Crippen LogP) is 1.99. The van der Waals surface area contributed by atoms with Crippen LogP contribution in [0.5, 0.6) is 0 Å². The second-order valence-corrected chi connectivity index (χ2v) is 4.83. The van der Waals surface area contributed by atoms with E-state index in [1.165, 1.54) is 24.3 Å². The van der Waals surface area contributed by atoms with Gasteiger partial charge >= 0.3 is 0 Å². The highest BCUT2D eigenvalue weighted by atomic mass is 35.5. The molecule has 1 saturated carbocycles. The number of amides is 1. The second kappa shape index (κ2) is 6.01. The van der Waals surface area contributed by atoms with Gasteiger partial charge in [-0.15, -0.1) is 12.4 Å². The molecule has 20 heavy (non-hydrogen) atoms. The fourth-order valence-corrected chi connectivity index (χ4v) is 1.99. The summed E-state index contributed by atoms with van der Waals surface area (Å²) >= 11 is 0. The zero-order valence-corrected chi connectivity index (χ0v) is 11.5. The first-order valence-electron chi connectivity index (χ1n) is 6.02. The number of carbonyl (C=O) groups is 1. The van der Waals surface area contributed by atoms with E-state index >= 15 is 0 Å². The van der Waals surface area contributed by atoms with Crippen LogP contribution in [-0.2, 0) is 10.2 Å². The van der Waals surface area contributed by atoms with E-state index in [1.54, 1.807) is 0 Å². The Morgan fingerprint density at radius 1 is 1.30 bits per heavy atom. The van der Waals surface area contributed by atoms with Crippen LogP contribution in [0, 0.1) is 5.82 Å². The Balaban J connectivity index is 0.00000200. The standard InChI is InChI=1S/C13H15F3N2O.ClH/c14-10-3-1-9(2-4-10)12(5-6-12)11(19)18-8-13(15,16)7-17;/h1-4H,5-8,17H2,(H,18,19);1H. The van der Waals surface area contributed by atoms with Gasteiger partial charge in [0.2, 0.25) is 5.91 Å². The summed E-state index contributed by atoms with van der Waals surface area (Å²) in [6.45, 7) is -1.58. The molecule has 0 aromatic heterocycles. The number of hydrogen-bond donors (Lipinski definition) is 2. The summed E-state index contributed by atoms with van der Waals surface area (Å²) in [6, 6.07) is 5.56. The molecule has 0 radical (unpaired) electrons. The first kappa shape index (κ1) is 16.8. The number of benzene rings is 1. The molecule has 1 aliphatic rings. The molecule has 7 heteroatoms. The molecule has 1 amide bonds. The summed E-state index contributed by atoms with van der Waals surface area (Å²) in [7, 11) is 0. The average Bonchev–Trinajstić information content (AvgIpc) is 3.18. The summed E-state index contributed by atoms with van der Waals surface area (Å²) in [6.07, 6.45) is 1.16. The zero-order chi connectivity index (χ0) is 14.1. The number of rotatable bonds is 5. The zero-order valence-electron chi connectivity index (χ0n) is 10.7. The molecule has 0 unspecified atom stereocenters. The van der Waals surface area contributed by atoms with Crippen LogP contribution in [0.1, 0.15) is 18.4 Å². The lowest BCUT2D eigenvalue weighted by atomic mass is 9.95. The van der Waals surface area contributed by atoms with Gasteiger partial charge in [0.25, 0.3) is 5.92 Å². The smallest absolute Gasteiger partial charge is 0.277 e. The van der Waals surface area contributed by atoms with Gasteiger partial charge in [0.1, 0.15) is 5.82 Å². The maximum atomic E-state index is 13.0. The largest absolute Gasteiger partial charge is 0.349 e. The van der Waals surface area contributed by atoms with Crippen LogP contribution in [0.3, 0.4) is 0 Å². The minimum Gasteiger partial charge on any atom is -0.349 e. The summed E-state index contributed by atoms with van der Waals surface area (Å²) in [5, 5.41) is 2.23. The summed E-state index contributed by atoms with van der Waals surface area (Å²) in [5.41, 5.74) is 4.78. The number of halogens is 4. The fourth-order valence-electron chi connectivity index (χ4n) is 1.99. The van der Waals surface area contributed by atoms with Crippen LogP contribution in [-0.4, -0.2) is 24.9 Å². The number of hydrogen-bond acceptors (Lipinski definition) is 2. The van der Waals surface area contributed by atoms with E-state index in [9.17, 15) is 18.0 Å². The van der Waals surface area contributed by atoms with Gasteiger partial charge in [-0.2, -0.15) is 0 Å². The van der Waals surface area contributed by atoms with Gasteiger partial charge in [-0.3, -0.25) is 4.79 Å². The number of nitrogens with one attached hydrogen (secondary N) is 1. The molecule has 2 rings (SSSR count). The quantitative estimate of drug-likeness (QED) is 0.874. The highest BCUT2D eigenvalue weighted by Crippen LogP contribution is 2.48. The number of nitrogens with two attached hydrogens (primary N) is 1. The monoisotopic (exact) mass is 308 g/mol. The topological polar surface area (TPSA) is 55.1 Å². The van der Waals surface area contributed by atoms with Gasteiger partial charge < -0.3 is 11.1 Å². The molecule has 0 atom stereocenters. The fraction of sp³-hybridized carbons (Fsp3) is 0.462. The van der Waals surface area contributed by atoms with Gasteiger partial charge in [-0.25, -0.2) is 13.2 Å². The maximum Gasteiger partial charge on any atom is 0.277 e. The average molecular weight is 309 g/mol. The van der Waals surface area contributed by atoms with Crippen molar-refractivity contribution in [2.45, 2.75) is 24.2 Å². The van der Waals surface area contributed by atoms with Gasteiger partial charge in [-0.05, 0) is 30.5 Å². The summed E-state index contributed by atoms with van der Waals surface area (Å²) < 4.78 is 38.8. The van der Waals surface area contributed by atoms with Gasteiger partial charge in [-0.1, -0.05) is 12.1 Å². The minimum atomic E-state index is -3.10. The molecule has 0 heterocycles. The van der Waals surface area contributed by atoms with Gasteiger partial charge in [0.15, 0.2) is 0 Å². The molecule has 0 saturated heterocycles. The van der Waals surface area contributed by atoms with E-state index in [4.69, 9.17) is 5.73 Å². The van der Waals surface area contributed by atoms with Crippen LogP contribution in [0.25, 0.3) is 0 Å². The van der Waals surface area contributed by atoms with Crippen molar-refractivity contribution >= 4 is 18.3 Å². The third-order valence-electron chi connectivity index (χ3n) is 3.39. The lowest BCUT2D eigenvalue weighted by Crippen LogP contribution is -2.45. The molecule has 1 aromatic carbocycles. The van der Waals surface area contributed by atoms with Crippen molar-refractivity contribution in [1.82, 2.24) is 5.32 Å². The van der Waals surface area contributed by atoms with Crippen LogP contribution >= 0.6 is 12.4 Å². The van der Waals surface area contributed by atoms with Crippen LogP contribution in [0.15, 0.2) is 24.3 Å². The van der Waals surface area contributed by atoms with Crippen molar-refractivity contribution in [3.63, 3.8) is 0 Å². The molecule has 1 aliphatic carbocycles. The number of alkyl halides is 2. The van der Waals surface area contributed by atoms with Crippen molar-refractivity contribution in [3.05, 3.63) is 35.6 Å². The van der Waals surface area contributed by atoms with Crippen LogP contribution in [0.4, 0.5) is 13.2 Å². The molecule has 3 nitrogen and oxygen atoms in total. The van der Waals surface area contributed by atoms with Crippen molar-refractivity contribution in [3.8, 4) is 0 Å². The molecule has 112 valence electrons. The van der Waals surface area contributed by atoms with Crippen LogP contribution in [0.2, 0.25) is 0 Å². The highest BCUT2D eigenvalue weighted by Gasteiger charge is 2.51. The van der Waals surface area contributed by atoms with Crippen molar-refractivity contribution in [2.24, 2.45) is 5.73 Å². The van der Waals surface area contributed by atoms with Gasteiger partial charge in [0.05, 0.1) is 18.5 Å². The summed E-state index contributed by atoms with van der Waals surface area (Å²) in [5.74, 6) is -3.95. The first-order chi connectivity index (χ1) is 8.89. The Labute approximate surface area is 121 Å². The van der Waals surface area contributed by atoms with Crippen molar-refractivity contribution in [2.75, 3.05) is 13.1 Å². The summed E-state index contributed by atoms with van der Waals surface area (Å²) in [4.78, 5) is 12.0. The Morgan fingerprint density at radius 2 is 1.85 bits per heavy atom. The molecular weight excluding hydrogens is 293 g/mol. The third kappa shape index (κ3) is 3.43. The molecule has 0 bridgehead atoms. The molecule has 3 N–H and O–H groups in total. The first-order valence-corrected chi connectivity index (χ1v) is 6.02. The van der Waals surface area contributed by atoms with E-state index in [1.807, 2.05) is 0 Å². The minimum absolute atomic E-state index is 0. The molecule has 1 aromatic rings. The second-order valence-electron chi connectivity index (χ2n) is 4.83. The predicted molar refractivity (Wildman–Crippen MR) is 71.6 cm³/mol. The van der Waals surface area contributed by atoms with Gasteiger partial charge in [0, 0.05) is 0 Å². The molecular formula is C13H16ClF3N2O. The molecule has 0 aliphatic heterocycles. The van der Waals surface area contributed by atoms with E-state index in [-0.39, 0.29) is 12.4 Å². The Bertz CT molecular complexity index is 475.